The van der Waals surface area contributed by atoms with Crippen LogP contribution >= 0.6 is 0 Å². The van der Waals surface area contributed by atoms with Crippen LogP contribution in [0.5, 0.6) is 0 Å². The Morgan fingerprint density at radius 1 is 1.43 bits per heavy atom. The van der Waals surface area contributed by atoms with Crippen molar-refractivity contribution in [3.05, 3.63) is 35.5 Å². The molecule has 1 fully saturated rings. The highest BCUT2D eigenvalue weighted by molar-refractivity contribution is 5.95. The quantitative estimate of drug-likeness (QED) is 0.440. The summed E-state index contributed by atoms with van der Waals surface area (Å²) in [6.45, 7) is 13.9. The molecule has 3 heteroatoms. The first-order chi connectivity index (χ1) is 10.7. The van der Waals surface area contributed by atoms with Gasteiger partial charge < -0.3 is 4.74 Å². The Bertz CT molecular complexity index is 596. The number of hydrogen-bond donors (Lipinski definition) is 0. The highest BCUT2D eigenvalue weighted by Crippen LogP contribution is 2.53. The van der Waals surface area contributed by atoms with E-state index in [9.17, 15) is 9.59 Å². The first-order valence-electron chi connectivity index (χ1n) is 8.45. The van der Waals surface area contributed by atoms with Crippen molar-refractivity contribution in [1.29, 1.82) is 0 Å². The van der Waals surface area contributed by atoms with E-state index in [0.29, 0.717) is 5.57 Å². The molecule has 126 valence electrons. The number of allylic oxidation sites excluding steroid dienone is 4. The lowest BCUT2D eigenvalue weighted by Crippen LogP contribution is -2.46. The molecule has 0 aliphatic heterocycles. The molecular formula is C20H28O3. The number of fused-ring (bicyclic) bond motifs is 1. The van der Waals surface area contributed by atoms with Gasteiger partial charge in [-0.1, -0.05) is 37.6 Å². The molecule has 2 rings (SSSR count). The molecule has 0 heterocycles. The van der Waals surface area contributed by atoms with Crippen LogP contribution in [0.2, 0.25) is 0 Å². The fourth-order valence-electron chi connectivity index (χ4n) is 3.81. The minimum atomic E-state index is -0.233. The van der Waals surface area contributed by atoms with Crippen molar-refractivity contribution in [3.8, 4) is 0 Å². The van der Waals surface area contributed by atoms with Crippen molar-refractivity contribution in [2.45, 2.75) is 60.0 Å². The second kappa shape index (κ2) is 6.46. The van der Waals surface area contributed by atoms with Crippen LogP contribution in [-0.2, 0) is 14.3 Å². The maximum Gasteiger partial charge on any atom is 0.333 e. The lowest BCUT2D eigenvalue weighted by Gasteiger charge is -2.49. The Labute approximate surface area is 139 Å². The summed E-state index contributed by atoms with van der Waals surface area (Å²) in [5, 5.41) is 0. The van der Waals surface area contributed by atoms with Gasteiger partial charge in [-0.05, 0) is 51.5 Å². The molecule has 2 aliphatic rings. The summed E-state index contributed by atoms with van der Waals surface area (Å²) < 4.78 is 5.75. The number of rotatable bonds is 3. The van der Waals surface area contributed by atoms with E-state index in [1.54, 1.807) is 13.0 Å². The molecule has 23 heavy (non-hydrogen) atoms. The van der Waals surface area contributed by atoms with E-state index in [1.807, 2.05) is 19.9 Å². The maximum atomic E-state index is 12.3. The zero-order valence-electron chi connectivity index (χ0n) is 14.9. The minimum absolute atomic E-state index is 0.0986. The van der Waals surface area contributed by atoms with Crippen molar-refractivity contribution in [3.63, 3.8) is 0 Å². The van der Waals surface area contributed by atoms with Gasteiger partial charge in [-0.2, -0.15) is 0 Å². The smallest absolute Gasteiger partial charge is 0.333 e. The number of hydrogen-bond acceptors (Lipinski definition) is 3. The van der Waals surface area contributed by atoms with E-state index in [2.05, 4.69) is 20.4 Å². The van der Waals surface area contributed by atoms with Gasteiger partial charge in [-0.3, -0.25) is 4.79 Å². The molecule has 0 bridgehead atoms. The van der Waals surface area contributed by atoms with Crippen LogP contribution < -0.4 is 0 Å². The number of ether oxygens (including phenoxy) is 1. The summed E-state index contributed by atoms with van der Waals surface area (Å²) in [5.41, 5.74) is 2.66. The summed E-state index contributed by atoms with van der Waals surface area (Å²) in [7, 11) is 0. The molecule has 0 aromatic heterocycles. The summed E-state index contributed by atoms with van der Waals surface area (Å²) in [6.07, 6.45) is 5.88. The van der Waals surface area contributed by atoms with Gasteiger partial charge in [-0.25, -0.2) is 4.79 Å². The van der Waals surface area contributed by atoms with Crippen molar-refractivity contribution in [2.24, 2.45) is 17.3 Å². The predicted octanol–water partition coefficient (Wildman–Crippen LogP) is 4.39. The Kier molecular flexibility index (Phi) is 4.98. The second-order valence-corrected chi connectivity index (χ2v) is 7.34. The van der Waals surface area contributed by atoms with Gasteiger partial charge in [0.05, 0.1) is 0 Å². The van der Waals surface area contributed by atoms with Crippen LogP contribution in [0.4, 0.5) is 0 Å². The molecule has 0 spiro atoms. The summed E-state index contributed by atoms with van der Waals surface area (Å²) in [5.74, 6) is 0.0186. The Balaban J connectivity index is 2.25. The van der Waals surface area contributed by atoms with E-state index < -0.39 is 0 Å². The largest absolute Gasteiger partial charge is 0.459 e. The molecule has 4 atom stereocenters. The molecule has 1 unspecified atom stereocenters. The molecule has 0 aromatic carbocycles. The summed E-state index contributed by atoms with van der Waals surface area (Å²) in [6, 6.07) is 0. The molecule has 0 aromatic rings. The average Bonchev–Trinajstić information content (AvgIpc) is 2.50. The topological polar surface area (TPSA) is 43.4 Å². The third kappa shape index (κ3) is 3.19. The average molecular weight is 316 g/mol. The molecule has 0 amide bonds. The standard InChI is InChI=1S/C20H28O3/c1-7-13(4)19(22)23-18-9-8-15-10-17(21)16(12(2)3)11-20(15,6)14(18)5/h7,10,14,16,18H,2,8-9,11H2,1,3-6H3/b13-7+/t14-,16?,18-,20+/m1/s1. The third-order valence-electron chi connectivity index (χ3n) is 5.89. The van der Waals surface area contributed by atoms with E-state index in [4.69, 9.17) is 4.74 Å². The second-order valence-electron chi connectivity index (χ2n) is 7.34. The summed E-state index contributed by atoms with van der Waals surface area (Å²) in [4.78, 5) is 24.4. The lowest BCUT2D eigenvalue weighted by molar-refractivity contribution is -0.151. The molecule has 0 saturated heterocycles. The Morgan fingerprint density at radius 2 is 2.09 bits per heavy atom. The van der Waals surface area contributed by atoms with Crippen LogP contribution in [-0.4, -0.2) is 17.9 Å². The Hall–Kier alpha value is -1.64. The van der Waals surface area contributed by atoms with Gasteiger partial charge >= 0.3 is 5.97 Å². The summed E-state index contributed by atoms with van der Waals surface area (Å²) >= 11 is 0. The fourth-order valence-corrected chi connectivity index (χ4v) is 3.81. The SMILES string of the molecule is C=C(C)C1C[C@]2(C)C(=CC1=O)CC[C@@H](OC(=O)/C(C)=C/C)[C@H]2C. The van der Waals surface area contributed by atoms with Crippen molar-refractivity contribution in [2.75, 3.05) is 0 Å². The first kappa shape index (κ1) is 17.7. The van der Waals surface area contributed by atoms with E-state index in [1.165, 1.54) is 5.57 Å². The first-order valence-corrected chi connectivity index (χ1v) is 8.45. The van der Waals surface area contributed by atoms with Crippen LogP contribution in [0.1, 0.15) is 53.9 Å². The Morgan fingerprint density at radius 3 is 2.65 bits per heavy atom. The van der Waals surface area contributed by atoms with Gasteiger partial charge in [-0.15, -0.1) is 0 Å². The van der Waals surface area contributed by atoms with Gasteiger partial charge in [0.15, 0.2) is 5.78 Å². The number of carbonyl (C=O) groups excluding carboxylic acids is 2. The molecule has 3 nitrogen and oxygen atoms in total. The highest BCUT2D eigenvalue weighted by Gasteiger charge is 2.48. The van der Waals surface area contributed by atoms with E-state index in [-0.39, 0.29) is 35.1 Å². The lowest BCUT2D eigenvalue weighted by atomic mass is 9.57. The highest BCUT2D eigenvalue weighted by atomic mass is 16.5. The zero-order valence-corrected chi connectivity index (χ0v) is 14.9. The van der Waals surface area contributed by atoms with Gasteiger partial charge in [0.2, 0.25) is 0 Å². The van der Waals surface area contributed by atoms with Crippen LogP contribution in [0.3, 0.4) is 0 Å². The van der Waals surface area contributed by atoms with E-state index >= 15 is 0 Å². The maximum absolute atomic E-state index is 12.3. The molecule has 0 N–H and O–H groups in total. The monoisotopic (exact) mass is 316 g/mol. The number of esters is 1. The molecular weight excluding hydrogens is 288 g/mol. The van der Waals surface area contributed by atoms with Crippen LogP contribution in [0, 0.1) is 17.3 Å². The van der Waals surface area contributed by atoms with Gasteiger partial charge in [0.25, 0.3) is 0 Å². The zero-order chi connectivity index (χ0) is 17.4. The molecule has 1 saturated carbocycles. The van der Waals surface area contributed by atoms with Crippen molar-refractivity contribution < 1.29 is 14.3 Å². The van der Waals surface area contributed by atoms with Crippen LogP contribution in [0.15, 0.2) is 35.5 Å². The third-order valence-corrected chi connectivity index (χ3v) is 5.89. The van der Waals surface area contributed by atoms with Crippen LogP contribution in [0.25, 0.3) is 0 Å². The fraction of sp³-hybridized carbons (Fsp3) is 0.600. The predicted molar refractivity (Wildman–Crippen MR) is 91.8 cm³/mol. The molecule has 2 aliphatic carbocycles. The van der Waals surface area contributed by atoms with E-state index in [0.717, 1.165) is 24.8 Å². The van der Waals surface area contributed by atoms with Gasteiger partial charge in [0, 0.05) is 17.4 Å². The number of carbonyl (C=O) groups is 2. The molecule has 0 radical (unpaired) electrons. The normalized spacial score (nSPS) is 34.5. The number of ketones is 1. The van der Waals surface area contributed by atoms with Gasteiger partial charge in [0.1, 0.15) is 6.10 Å². The minimum Gasteiger partial charge on any atom is -0.459 e. The van der Waals surface area contributed by atoms with Crippen molar-refractivity contribution in [1.82, 2.24) is 0 Å². The van der Waals surface area contributed by atoms with Crippen molar-refractivity contribution >= 4 is 11.8 Å².